The number of methoxy groups -OCH3 is 1. The van der Waals surface area contributed by atoms with Gasteiger partial charge in [-0.1, -0.05) is 30.3 Å². The van der Waals surface area contributed by atoms with Crippen molar-refractivity contribution in [2.75, 3.05) is 20.2 Å². The van der Waals surface area contributed by atoms with E-state index in [2.05, 4.69) is 22.3 Å². The number of para-hydroxylation sites is 1. The topological polar surface area (TPSA) is 54.7 Å². The molecule has 1 aliphatic rings. The number of rotatable bonds is 5. The first-order valence-electron chi connectivity index (χ1n) is 9.78. The van der Waals surface area contributed by atoms with Crippen molar-refractivity contribution in [2.45, 2.75) is 32.4 Å². The summed E-state index contributed by atoms with van der Waals surface area (Å²) in [5.74, 6) is 1.20. The summed E-state index contributed by atoms with van der Waals surface area (Å²) in [4.78, 5) is 15.1. The van der Waals surface area contributed by atoms with Gasteiger partial charge in [-0.25, -0.2) is 0 Å². The quantitative estimate of drug-likeness (QED) is 0.725. The van der Waals surface area contributed by atoms with Crippen LogP contribution in [0.15, 0.2) is 52.9 Å². The predicted octanol–water partition coefficient (Wildman–Crippen LogP) is 4.14. The molecule has 1 saturated heterocycles. The van der Waals surface area contributed by atoms with Crippen LogP contribution in [-0.4, -0.2) is 37.0 Å². The van der Waals surface area contributed by atoms with Crippen LogP contribution in [0.4, 0.5) is 0 Å². The Morgan fingerprint density at radius 3 is 2.54 bits per heavy atom. The van der Waals surface area contributed by atoms with Crippen LogP contribution in [0, 0.1) is 6.92 Å². The third-order valence-corrected chi connectivity index (χ3v) is 5.54. The van der Waals surface area contributed by atoms with E-state index in [1.807, 2.05) is 43.3 Å². The standard InChI is InChI=1S/C23H26N2O3/c1-16-20-5-3-4-6-21(20)28-22(16)23(26)24-18-11-13-25(14-12-18)15-17-7-9-19(27-2)10-8-17/h3-10,18H,11-15H2,1-2H3,(H,24,26). The van der Waals surface area contributed by atoms with E-state index in [-0.39, 0.29) is 11.9 Å². The van der Waals surface area contributed by atoms with Gasteiger partial charge in [-0.3, -0.25) is 9.69 Å². The Kier molecular flexibility index (Phi) is 5.35. The second-order valence-corrected chi connectivity index (χ2v) is 7.42. The summed E-state index contributed by atoms with van der Waals surface area (Å²) >= 11 is 0. The van der Waals surface area contributed by atoms with Crippen LogP contribution in [0.2, 0.25) is 0 Å². The van der Waals surface area contributed by atoms with Crippen molar-refractivity contribution >= 4 is 16.9 Å². The van der Waals surface area contributed by atoms with Crippen molar-refractivity contribution in [3.63, 3.8) is 0 Å². The van der Waals surface area contributed by atoms with Gasteiger partial charge >= 0.3 is 0 Å². The molecule has 0 radical (unpaired) electrons. The minimum absolute atomic E-state index is 0.109. The lowest BCUT2D eigenvalue weighted by molar-refractivity contribution is 0.0882. The molecule has 5 heteroatoms. The molecule has 4 rings (SSSR count). The average Bonchev–Trinajstić information content (AvgIpc) is 3.07. The lowest BCUT2D eigenvalue weighted by Gasteiger charge is -2.32. The van der Waals surface area contributed by atoms with Crippen LogP contribution in [0.1, 0.15) is 34.5 Å². The van der Waals surface area contributed by atoms with Crippen molar-refractivity contribution < 1.29 is 13.9 Å². The smallest absolute Gasteiger partial charge is 0.287 e. The monoisotopic (exact) mass is 378 g/mol. The molecule has 2 heterocycles. The number of hydrogen-bond donors (Lipinski definition) is 1. The number of piperidine rings is 1. The molecule has 0 spiro atoms. The van der Waals surface area contributed by atoms with Crippen LogP contribution in [-0.2, 0) is 6.54 Å². The van der Waals surface area contributed by atoms with Gasteiger partial charge in [0, 0.05) is 36.6 Å². The summed E-state index contributed by atoms with van der Waals surface area (Å²) in [5, 5.41) is 4.16. The number of ether oxygens (including phenoxy) is 1. The third-order valence-electron chi connectivity index (χ3n) is 5.54. The Hall–Kier alpha value is -2.79. The highest BCUT2D eigenvalue weighted by Crippen LogP contribution is 2.25. The Morgan fingerprint density at radius 1 is 1.14 bits per heavy atom. The first-order chi connectivity index (χ1) is 13.6. The molecular weight excluding hydrogens is 352 g/mol. The zero-order chi connectivity index (χ0) is 19.5. The number of hydrogen-bond acceptors (Lipinski definition) is 4. The van der Waals surface area contributed by atoms with Crippen molar-refractivity contribution in [3.8, 4) is 5.75 Å². The Morgan fingerprint density at radius 2 is 1.86 bits per heavy atom. The summed E-state index contributed by atoms with van der Waals surface area (Å²) in [7, 11) is 1.68. The van der Waals surface area contributed by atoms with Crippen molar-refractivity contribution in [1.29, 1.82) is 0 Å². The number of carbonyl (C=O) groups is 1. The molecule has 0 atom stereocenters. The number of nitrogens with one attached hydrogen (secondary N) is 1. The van der Waals surface area contributed by atoms with E-state index in [9.17, 15) is 4.79 Å². The Labute approximate surface area is 165 Å². The maximum Gasteiger partial charge on any atom is 0.287 e. The molecule has 1 N–H and O–H groups in total. The van der Waals surface area contributed by atoms with Crippen LogP contribution >= 0.6 is 0 Å². The summed E-state index contributed by atoms with van der Waals surface area (Å²) < 4.78 is 11.0. The highest BCUT2D eigenvalue weighted by atomic mass is 16.5. The number of furan rings is 1. The maximum atomic E-state index is 12.7. The molecule has 0 aliphatic carbocycles. The van der Waals surface area contributed by atoms with Crippen molar-refractivity contribution in [3.05, 3.63) is 65.4 Å². The molecule has 3 aromatic rings. The van der Waals surface area contributed by atoms with E-state index < -0.39 is 0 Å². The van der Waals surface area contributed by atoms with Gasteiger partial charge in [0.25, 0.3) is 5.91 Å². The number of fused-ring (bicyclic) bond motifs is 1. The van der Waals surface area contributed by atoms with Gasteiger partial charge in [-0.05, 0) is 43.5 Å². The Balaban J connectivity index is 1.32. The van der Waals surface area contributed by atoms with Crippen molar-refractivity contribution in [1.82, 2.24) is 10.2 Å². The van der Waals surface area contributed by atoms with Gasteiger partial charge in [0.2, 0.25) is 0 Å². The van der Waals surface area contributed by atoms with Crippen LogP contribution in [0.5, 0.6) is 5.75 Å². The molecule has 2 aromatic carbocycles. The highest BCUT2D eigenvalue weighted by molar-refractivity contribution is 5.99. The third kappa shape index (κ3) is 3.90. The first kappa shape index (κ1) is 18.6. The maximum absolute atomic E-state index is 12.7. The predicted molar refractivity (Wildman–Crippen MR) is 110 cm³/mol. The van der Waals surface area contributed by atoms with Gasteiger partial charge in [0.05, 0.1) is 7.11 Å². The molecule has 1 aliphatic heterocycles. The molecule has 0 unspecified atom stereocenters. The zero-order valence-corrected chi connectivity index (χ0v) is 16.4. The summed E-state index contributed by atoms with van der Waals surface area (Å²) in [5.41, 5.74) is 2.95. The fourth-order valence-corrected chi connectivity index (χ4v) is 3.87. The summed E-state index contributed by atoms with van der Waals surface area (Å²) in [6, 6.07) is 16.2. The molecule has 1 aromatic heterocycles. The first-order valence-corrected chi connectivity index (χ1v) is 9.78. The average molecular weight is 378 g/mol. The van der Waals surface area contributed by atoms with Crippen LogP contribution < -0.4 is 10.1 Å². The molecule has 0 saturated carbocycles. The second kappa shape index (κ2) is 8.07. The number of nitrogens with zero attached hydrogens (tertiary/aromatic N) is 1. The minimum atomic E-state index is -0.109. The van der Waals surface area contributed by atoms with Gasteiger partial charge in [0.15, 0.2) is 5.76 Å². The van der Waals surface area contributed by atoms with Gasteiger partial charge in [-0.15, -0.1) is 0 Å². The minimum Gasteiger partial charge on any atom is -0.497 e. The lowest BCUT2D eigenvalue weighted by Crippen LogP contribution is -2.44. The van der Waals surface area contributed by atoms with E-state index in [1.165, 1.54) is 5.56 Å². The summed E-state index contributed by atoms with van der Waals surface area (Å²) in [6.07, 6.45) is 1.89. The zero-order valence-electron chi connectivity index (χ0n) is 16.4. The lowest BCUT2D eigenvalue weighted by atomic mass is 10.0. The molecule has 1 amide bonds. The number of carbonyl (C=O) groups excluding carboxylic acids is 1. The fourth-order valence-electron chi connectivity index (χ4n) is 3.87. The normalized spacial score (nSPS) is 15.6. The molecule has 0 bridgehead atoms. The largest absolute Gasteiger partial charge is 0.497 e. The van der Waals surface area contributed by atoms with Gasteiger partial charge < -0.3 is 14.5 Å². The second-order valence-electron chi connectivity index (χ2n) is 7.42. The Bertz CT molecular complexity index is 954. The number of amides is 1. The fraction of sp³-hybridized carbons (Fsp3) is 0.348. The number of benzene rings is 2. The van der Waals surface area contributed by atoms with E-state index >= 15 is 0 Å². The molecule has 28 heavy (non-hydrogen) atoms. The van der Waals surface area contributed by atoms with Crippen LogP contribution in [0.25, 0.3) is 11.0 Å². The van der Waals surface area contributed by atoms with Gasteiger partial charge in [0.1, 0.15) is 11.3 Å². The van der Waals surface area contributed by atoms with E-state index in [0.717, 1.165) is 54.8 Å². The molecule has 146 valence electrons. The number of likely N-dealkylation sites (tertiary alicyclic amines) is 1. The highest BCUT2D eigenvalue weighted by Gasteiger charge is 2.24. The van der Waals surface area contributed by atoms with Gasteiger partial charge in [-0.2, -0.15) is 0 Å². The SMILES string of the molecule is COc1ccc(CN2CCC(NC(=O)c3oc4ccccc4c3C)CC2)cc1. The number of aryl methyl sites for hydroxylation is 1. The molecule has 5 nitrogen and oxygen atoms in total. The van der Waals surface area contributed by atoms with Crippen molar-refractivity contribution in [2.24, 2.45) is 0 Å². The molecule has 1 fully saturated rings. The van der Waals surface area contributed by atoms with E-state index in [4.69, 9.17) is 9.15 Å². The van der Waals surface area contributed by atoms with E-state index in [1.54, 1.807) is 7.11 Å². The summed E-state index contributed by atoms with van der Waals surface area (Å²) in [6.45, 7) is 4.80. The van der Waals surface area contributed by atoms with Crippen LogP contribution in [0.3, 0.4) is 0 Å². The van der Waals surface area contributed by atoms with E-state index in [0.29, 0.717) is 5.76 Å². The molecular formula is C23H26N2O3.